The third-order valence-electron chi connectivity index (χ3n) is 5.50. The molecule has 1 aromatic carbocycles. The van der Waals surface area contributed by atoms with E-state index in [0.717, 1.165) is 35.0 Å². The second kappa shape index (κ2) is 14.6. The fourth-order valence-electron chi connectivity index (χ4n) is 3.50. The molecular formula is C26H28F4N4O6. The second-order valence-electron chi connectivity index (χ2n) is 8.37. The molecular weight excluding hydrogens is 540 g/mol. The van der Waals surface area contributed by atoms with Gasteiger partial charge in [-0.1, -0.05) is 18.2 Å². The summed E-state index contributed by atoms with van der Waals surface area (Å²) in [5, 5.41) is 6.54. The van der Waals surface area contributed by atoms with Gasteiger partial charge in [-0.3, -0.25) is 19.2 Å². The number of anilines is 1. The van der Waals surface area contributed by atoms with Crippen LogP contribution in [0.4, 0.5) is 23.2 Å². The first-order valence-corrected chi connectivity index (χ1v) is 12.0. The number of esters is 1. The SMILES string of the molecule is CCOC(=O)/C=C/[C@H](CCC(=O)NC)NC(=O)[C@H](Cc1ccc(F)cc1)n1cccc(NC(=O)C(F)(F)F)c1=O. The number of alkyl halides is 3. The lowest BCUT2D eigenvalue weighted by Crippen LogP contribution is -2.43. The Hall–Kier alpha value is -4.49. The Morgan fingerprint density at radius 1 is 1.10 bits per heavy atom. The quantitative estimate of drug-likeness (QED) is 0.205. The molecule has 0 aliphatic heterocycles. The van der Waals surface area contributed by atoms with Crippen molar-refractivity contribution in [1.82, 2.24) is 15.2 Å². The van der Waals surface area contributed by atoms with Crippen LogP contribution in [0.15, 0.2) is 59.5 Å². The predicted octanol–water partition coefficient (Wildman–Crippen LogP) is 2.40. The molecule has 2 aromatic rings. The summed E-state index contributed by atoms with van der Waals surface area (Å²) in [4.78, 5) is 61.5. The highest BCUT2D eigenvalue weighted by molar-refractivity contribution is 5.94. The lowest BCUT2D eigenvalue weighted by molar-refractivity contribution is -0.167. The maximum absolute atomic E-state index is 13.5. The van der Waals surface area contributed by atoms with Crippen LogP contribution in [0, 0.1) is 5.82 Å². The van der Waals surface area contributed by atoms with Crippen molar-refractivity contribution in [2.75, 3.05) is 19.0 Å². The maximum Gasteiger partial charge on any atom is 0.471 e. The van der Waals surface area contributed by atoms with E-state index in [4.69, 9.17) is 4.74 Å². The zero-order valence-electron chi connectivity index (χ0n) is 21.6. The zero-order valence-corrected chi connectivity index (χ0v) is 21.6. The number of pyridine rings is 1. The molecule has 14 heteroatoms. The second-order valence-corrected chi connectivity index (χ2v) is 8.37. The molecule has 40 heavy (non-hydrogen) atoms. The van der Waals surface area contributed by atoms with E-state index in [9.17, 15) is 41.5 Å². The van der Waals surface area contributed by atoms with Crippen LogP contribution >= 0.6 is 0 Å². The van der Waals surface area contributed by atoms with Crippen molar-refractivity contribution in [3.63, 3.8) is 0 Å². The van der Waals surface area contributed by atoms with Crippen LogP contribution in [0.25, 0.3) is 0 Å². The summed E-state index contributed by atoms with van der Waals surface area (Å²) in [6, 6.07) is 4.81. The van der Waals surface area contributed by atoms with Crippen LogP contribution in [0.5, 0.6) is 0 Å². The molecule has 2 atom stereocenters. The van der Waals surface area contributed by atoms with E-state index in [2.05, 4.69) is 10.6 Å². The molecule has 216 valence electrons. The summed E-state index contributed by atoms with van der Waals surface area (Å²) in [5.41, 5.74) is -1.42. The topological polar surface area (TPSA) is 136 Å². The summed E-state index contributed by atoms with van der Waals surface area (Å²) < 4.78 is 57.4. The summed E-state index contributed by atoms with van der Waals surface area (Å²) in [6.45, 7) is 1.70. The number of aromatic nitrogens is 1. The number of rotatable bonds is 12. The average molecular weight is 569 g/mol. The fourth-order valence-corrected chi connectivity index (χ4v) is 3.50. The molecule has 0 bridgehead atoms. The van der Waals surface area contributed by atoms with E-state index >= 15 is 0 Å². The van der Waals surface area contributed by atoms with Gasteiger partial charge in [-0.25, -0.2) is 9.18 Å². The first-order valence-electron chi connectivity index (χ1n) is 12.0. The van der Waals surface area contributed by atoms with Gasteiger partial charge in [0.1, 0.15) is 17.5 Å². The third-order valence-corrected chi connectivity index (χ3v) is 5.50. The van der Waals surface area contributed by atoms with Crippen LogP contribution < -0.4 is 21.5 Å². The van der Waals surface area contributed by atoms with Gasteiger partial charge in [0.2, 0.25) is 11.8 Å². The van der Waals surface area contributed by atoms with Gasteiger partial charge in [0.15, 0.2) is 0 Å². The summed E-state index contributed by atoms with van der Waals surface area (Å²) in [6.07, 6.45) is -1.96. The molecule has 0 spiro atoms. The van der Waals surface area contributed by atoms with Crippen molar-refractivity contribution < 1.29 is 41.5 Å². The number of carbonyl (C=O) groups excluding carboxylic acids is 4. The van der Waals surface area contributed by atoms with Crippen molar-refractivity contribution in [1.29, 1.82) is 0 Å². The Balaban J connectivity index is 2.46. The highest BCUT2D eigenvalue weighted by Gasteiger charge is 2.39. The van der Waals surface area contributed by atoms with Gasteiger partial charge in [-0.2, -0.15) is 13.2 Å². The van der Waals surface area contributed by atoms with Gasteiger partial charge >= 0.3 is 18.1 Å². The molecule has 2 rings (SSSR count). The number of amides is 3. The molecule has 0 saturated carbocycles. The minimum absolute atomic E-state index is 0.0428. The number of nitrogens with zero attached hydrogens (tertiary/aromatic N) is 1. The number of carbonyl (C=O) groups is 4. The Morgan fingerprint density at radius 3 is 2.38 bits per heavy atom. The zero-order chi connectivity index (χ0) is 29.9. The molecule has 0 aliphatic carbocycles. The van der Waals surface area contributed by atoms with Crippen molar-refractivity contribution in [2.45, 2.75) is 44.4 Å². The van der Waals surface area contributed by atoms with Crippen LogP contribution in [0.2, 0.25) is 0 Å². The normalized spacial score (nSPS) is 12.8. The van der Waals surface area contributed by atoms with E-state index in [1.165, 1.54) is 36.6 Å². The number of nitrogens with one attached hydrogen (secondary N) is 3. The number of hydrogen-bond acceptors (Lipinski definition) is 6. The predicted molar refractivity (Wildman–Crippen MR) is 136 cm³/mol. The third kappa shape index (κ3) is 9.67. The Kier molecular flexibility index (Phi) is 11.6. The van der Waals surface area contributed by atoms with Crippen LogP contribution in [0.1, 0.15) is 31.4 Å². The molecule has 0 radical (unpaired) electrons. The van der Waals surface area contributed by atoms with Gasteiger partial charge in [0.05, 0.1) is 6.61 Å². The summed E-state index contributed by atoms with van der Waals surface area (Å²) >= 11 is 0. The van der Waals surface area contributed by atoms with Gasteiger partial charge in [-0.05, 0) is 43.2 Å². The fraction of sp³-hybridized carbons (Fsp3) is 0.346. The van der Waals surface area contributed by atoms with E-state index in [1.807, 2.05) is 0 Å². The van der Waals surface area contributed by atoms with Crippen molar-refractivity contribution in [2.24, 2.45) is 0 Å². The van der Waals surface area contributed by atoms with Crippen molar-refractivity contribution >= 4 is 29.4 Å². The Morgan fingerprint density at radius 2 is 1.77 bits per heavy atom. The molecule has 1 heterocycles. The molecule has 1 aromatic heterocycles. The van der Waals surface area contributed by atoms with E-state index in [0.29, 0.717) is 5.56 Å². The number of halogens is 4. The molecule has 0 aliphatic rings. The van der Waals surface area contributed by atoms with E-state index in [1.54, 1.807) is 6.92 Å². The lowest BCUT2D eigenvalue weighted by Gasteiger charge is -2.23. The lowest BCUT2D eigenvalue weighted by atomic mass is 10.0. The monoisotopic (exact) mass is 568 g/mol. The van der Waals surface area contributed by atoms with E-state index in [-0.39, 0.29) is 31.8 Å². The van der Waals surface area contributed by atoms with E-state index < -0.39 is 53.1 Å². The first-order chi connectivity index (χ1) is 18.8. The maximum atomic E-state index is 13.5. The molecule has 0 fully saturated rings. The van der Waals surface area contributed by atoms with Crippen LogP contribution in [0.3, 0.4) is 0 Å². The summed E-state index contributed by atoms with van der Waals surface area (Å²) in [7, 11) is 1.42. The standard InChI is InChI=1S/C26H28F4N4O6/c1-3-40-22(36)13-11-18(10-12-21(35)31-2)32-23(37)20(15-16-6-8-17(27)9-7-16)34-14-4-5-19(24(34)38)33-25(39)26(28,29)30/h4-9,11,13-14,18,20H,3,10,12,15H2,1-2H3,(H,31,35)(H,32,37)(H,33,39)/b13-11+/t18-,20-/m0/s1. The largest absolute Gasteiger partial charge is 0.471 e. The van der Waals surface area contributed by atoms with Gasteiger partial charge < -0.3 is 25.3 Å². The smallest absolute Gasteiger partial charge is 0.463 e. The molecule has 0 unspecified atom stereocenters. The van der Waals surface area contributed by atoms with Crippen LogP contribution in [-0.4, -0.2) is 54.1 Å². The van der Waals surface area contributed by atoms with Crippen molar-refractivity contribution in [3.8, 4) is 0 Å². The van der Waals surface area contributed by atoms with Gasteiger partial charge in [-0.15, -0.1) is 0 Å². The molecule has 10 nitrogen and oxygen atoms in total. The molecule has 3 N–H and O–H groups in total. The Labute approximate surface area is 226 Å². The number of hydrogen-bond donors (Lipinski definition) is 3. The number of ether oxygens (including phenoxy) is 1. The van der Waals surface area contributed by atoms with Gasteiger partial charge in [0, 0.05) is 38.2 Å². The van der Waals surface area contributed by atoms with Gasteiger partial charge in [0.25, 0.3) is 5.56 Å². The van der Waals surface area contributed by atoms with Crippen LogP contribution in [-0.2, 0) is 30.3 Å². The molecule has 0 saturated heterocycles. The highest BCUT2D eigenvalue weighted by atomic mass is 19.4. The highest BCUT2D eigenvalue weighted by Crippen LogP contribution is 2.19. The summed E-state index contributed by atoms with van der Waals surface area (Å²) in [5.74, 6) is -4.79. The average Bonchev–Trinajstić information content (AvgIpc) is 2.90. The first kappa shape index (κ1) is 31.7. The molecule has 3 amide bonds. The number of benzene rings is 1. The minimum atomic E-state index is -5.26. The van der Waals surface area contributed by atoms with Crippen molar-refractivity contribution in [3.05, 3.63) is 76.5 Å². The Bertz CT molecular complexity index is 1290. The minimum Gasteiger partial charge on any atom is -0.463 e.